The van der Waals surface area contributed by atoms with E-state index in [1.807, 2.05) is 11.9 Å². The van der Waals surface area contributed by atoms with Crippen LogP contribution in [-0.2, 0) is 17.9 Å². The van der Waals surface area contributed by atoms with Gasteiger partial charge in [0.1, 0.15) is 5.75 Å². The zero-order chi connectivity index (χ0) is 17.5. The number of carbonyl (C=O) groups is 1. The number of halogens is 1. The first-order valence-corrected chi connectivity index (χ1v) is 7.98. The van der Waals surface area contributed by atoms with E-state index in [2.05, 4.69) is 27.8 Å². The molecule has 1 aromatic carbocycles. The molecule has 0 aliphatic heterocycles. The smallest absolute Gasteiger partial charge is 0.238 e. The third-order valence-electron chi connectivity index (χ3n) is 3.30. The molecule has 2 aromatic rings. The molecule has 0 unspecified atom stereocenters. The fraction of sp³-hybridized carbons (Fsp3) is 0.467. The highest BCUT2D eigenvalue weighted by Crippen LogP contribution is 2.27. The number of nitrogens with one attached hydrogen (secondary N) is 1. The number of hydrogen-bond donors (Lipinski definition) is 1. The maximum Gasteiger partial charge on any atom is 0.238 e. The summed E-state index contributed by atoms with van der Waals surface area (Å²) in [5, 5.41) is 14.9. The SMILES string of the molecule is CCCn1nnnc1CN(C)CC(=O)Nc1cc(Cl)ccc1OC. The van der Waals surface area contributed by atoms with Gasteiger partial charge in [-0.05, 0) is 42.1 Å². The number of hydrogen-bond acceptors (Lipinski definition) is 6. The fourth-order valence-electron chi connectivity index (χ4n) is 2.23. The molecule has 0 radical (unpaired) electrons. The maximum absolute atomic E-state index is 12.2. The van der Waals surface area contributed by atoms with E-state index in [0.29, 0.717) is 23.0 Å². The summed E-state index contributed by atoms with van der Waals surface area (Å²) in [6.45, 7) is 3.48. The van der Waals surface area contributed by atoms with Gasteiger partial charge in [0.25, 0.3) is 0 Å². The predicted octanol–water partition coefficient (Wildman–Crippen LogP) is 1.82. The van der Waals surface area contributed by atoms with Crippen LogP contribution in [0.25, 0.3) is 0 Å². The number of anilines is 1. The van der Waals surface area contributed by atoms with Crippen LogP contribution in [0.1, 0.15) is 19.2 Å². The minimum Gasteiger partial charge on any atom is -0.495 e. The van der Waals surface area contributed by atoms with Crippen LogP contribution in [0.15, 0.2) is 18.2 Å². The molecule has 0 saturated carbocycles. The molecule has 9 heteroatoms. The molecule has 0 saturated heterocycles. The number of methoxy groups -OCH3 is 1. The normalized spacial score (nSPS) is 10.9. The van der Waals surface area contributed by atoms with Crippen molar-refractivity contribution in [1.29, 1.82) is 0 Å². The Balaban J connectivity index is 1.94. The van der Waals surface area contributed by atoms with Crippen LogP contribution >= 0.6 is 11.6 Å². The van der Waals surface area contributed by atoms with Crippen LogP contribution in [0.4, 0.5) is 5.69 Å². The van der Waals surface area contributed by atoms with Crippen LogP contribution in [0, 0.1) is 0 Å². The van der Waals surface area contributed by atoms with E-state index in [1.165, 1.54) is 0 Å². The molecular weight excluding hydrogens is 332 g/mol. The Bertz CT molecular complexity index is 690. The van der Waals surface area contributed by atoms with E-state index in [0.717, 1.165) is 18.8 Å². The molecule has 0 aliphatic carbocycles. The van der Waals surface area contributed by atoms with Crippen molar-refractivity contribution in [3.05, 3.63) is 29.0 Å². The van der Waals surface area contributed by atoms with E-state index in [4.69, 9.17) is 16.3 Å². The zero-order valence-electron chi connectivity index (χ0n) is 14.0. The molecule has 1 amide bonds. The summed E-state index contributed by atoms with van der Waals surface area (Å²) < 4.78 is 6.96. The van der Waals surface area contributed by atoms with Gasteiger partial charge >= 0.3 is 0 Å². The van der Waals surface area contributed by atoms with Crippen molar-refractivity contribution in [1.82, 2.24) is 25.1 Å². The molecule has 1 aromatic heterocycles. The third kappa shape index (κ3) is 4.90. The maximum atomic E-state index is 12.2. The molecule has 2 rings (SSSR count). The highest BCUT2D eigenvalue weighted by Gasteiger charge is 2.13. The van der Waals surface area contributed by atoms with Gasteiger partial charge in [0.05, 0.1) is 25.9 Å². The molecule has 0 atom stereocenters. The topological polar surface area (TPSA) is 85.2 Å². The Morgan fingerprint density at radius 1 is 1.46 bits per heavy atom. The Labute approximate surface area is 145 Å². The number of rotatable bonds is 8. The lowest BCUT2D eigenvalue weighted by atomic mass is 10.3. The number of amides is 1. The summed E-state index contributed by atoms with van der Waals surface area (Å²) in [5.41, 5.74) is 0.541. The number of benzene rings is 1. The Kier molecular flexibility index (Phi) is 6.51. The summed E-state index contributed by atoms with van der Waals surface area (Å²) in [6, 6.07) is 5.07. The van der Waals surface area contributed by atoms with Crippen LogP contribution in [0.2, 0.25) is 5.02 Å². The lowest BCUT2D eigenvalue weighted by molar-refractivity contribution is -0.117. The Morgan fingerprint density at radius 2 is 2.25 bits per heavy atom. The highest BCUT2D eigenvalue weighted by atomic mass is 35.5. The average molecular weight is 353 g/mol. The second kappa shape index (κ2) is 8.60. The van der Waals surface area contributed by atoms with Crippen LogP contribution < -0.4 is 10.1 Å². The minimum absolute atomic E-state index is 0.174. The number of aromatic nitrogens is 4. The molecule has 0 spiro atoms. The number of tetrazole rings is 1. The molecule has 1 heterocycles. The summed E-state index contributed by atoms with van der Waals surface area (Å²) in [4.78, 5) is 14.1. The van der Waals surface area contributed by atoms with Gasteiger partial charge in [-0.15, -0.1) is 5.10 Å². The summed E-state index contributed by atoms with van der Waals surface area (Å²) in [7, 11) is 3.37. The summed E-state index contributed by atoms with van der Waals surface area (Å²) in [6.07, 6.45) is 0.941. The van der Waals surface area contributed by atoms with Crippen molar-refractivity contribution in [2.45, 2.75) is 26.4 Å². The second-order valence-electron chi connectivity index (χ2n) is 5.38. The second-order valence-corrected chi connectivity index (χ2v) is 5.82. The van der Waals surface area contributed by atoms with E-state index in [1.54, 1.807) is 30.0 Å². The van der Waals surface area contributed by atoms with Crippen LogP contribution in [-0.4, -0.2) is 51.7 Å². The largest absolute Gasteiger partial charge is 0.495 e. The first kappa shape index (κ1) is 18.2. The van der Waals surface area contributed by atoms with E-state index >= 15 is 0 Å². The van der Waals surface area contributed by atoms with E-state index < -0.39 is 0 Å². The summed E-state index contributed by atoms with van der Waals surface area (Å²) in [5.74, 6) is 1.11. The lowest BCUT2D eigenvalue weighted by Crippen LogP contribution is -2.31. The molecule has 8 nitrogen and oxygen atoms in total. The van der Waals surface area contributed by atoms with Gasteiger partial charge in [0.2, 0.25) is 5.91 Å². The van der Waals surface area contributed by atoms with Gasteiger partial charge in [0.15, 0.2) is 5.82 Å². The van der Waals surface area contributed by atoms with Gasteiger partial charge in [0, 0.05) is 11.6 Å². The number of carbonyl (C=O) groups excluding carboxylic acids is 1. The molecule has 0 fully saturated rings. The van der Waals surface area contributed by atoms with Gasteiger partial charge in [-0.3, -0.25) is 9.69 Å². The van der Waals surface area contributed by atoms with Crippen LogP contribution in [0.5, 0.6) is 5.75 Å². The summed E-state index contributed by atoms with van der Waals surface area (Å²) >= 11 is 5.96. The van der Waals surface area contributed by atoms with Crippen molar-refractivity contribution < 1.29 is 9.53 Å². The Morgan fingerprint density at radius 3 is 2.96 bits per heavy atom. The third-order valence-corrected chi connectivity index (χ3v) is 3.54. The number of aryl methyl sites for hydroxylation is 1. The molecule has 130 valence electrons. The monoisotopic (exact) mass is 352 g/mol. The van der Waals surface area contributed by atoms with Crippen molar-refractivity contribution in [2.24, 2.45) is 0 Å². The Hall–Kier alpha value is -2.19. The fourth-order valence-corrected chi connectivity index (χ4v) is 2.40. The average Bonchev–Trinajstić information content (AvgIpc) is 2.94. The van der Waals surface area contributed by atoms with Crippen molar-refractivity contribution in [3.63, 3.8) is 0 Å². The van der Waals surface area contributed by atoms with Crippen molar-refractivity contribution in [2.75, 3.05) is 26.0 Å². The van der Waals surface area contributed by atoms with Crippen molar-refractivity contribution in [3.8, 4) is 5.75 Å². The van der Waals surface area contributed by atoms with Gasteiger partial charge in [-0.2, -0.15) is 0 Å². The minimum atomic E-state index is -0.174. The predicted molar refractivity (Wildman–Crippen MR) is 91.1 cm³/mol. The quantitative estimate of drug-likeness (QED) is 0.780. The van der Waals surface area contributed by atoms with Crippen molar-refractivity contribution >= 4 is 23.2 Å². The molecule has 0 aliphatic rings. The standard InChI is InChI=1S/C15H21ClN6O2/c1-4-7-22-14(18-19-20-22)9-21(2)10-15(23)17-12-8-11(16)5-6-13(12)24-3/h5-6,8H,4,7,9-10H2,1-3H3,(H,17,23). The molecule has 0 bridgehead atoms. The lowest BCUT2D eigenvalue weighted by Gasteiger charge is -2.16. The number of likely N-dealkylation sites (N-methyl/N-ethyl adjacent to an activating group) is 1. The van der Waals surface area contributed by atoms with Gasteiger partial charge in [-0.25, -0.2) is 4.68 Å². The van der Waals surface area contributed by atoms with E-state index in [-0.39, 0.29) is 12.5 Å². The van der Waals surface area contributed by atoms with Gasteiger partial charge in [-0.1, -0.05) is 18.5 Å². The molecular formula is C15H21ClN6O2. The van der Waals surface area contributed by atoms with Crippen LogP contribution in [0.3, 0.4) is 0 Å². The zero-order valence-corrected chi connectivity index (χ0v) is 14.7. The molecule has 24 heavy (non-hydrogen) atoms. The van der Waals surface area contributed by atoms with Gasteiger partial charge < -0.3 is 10.1 Å². The first-order chi connectivity index (χ1) is 11.5. The van der Waals surface area contributed by atoms with E-state index in [9.17, 15) is 4.79 Å². The highest BCUT2D eigenvalue weighted by molar-refractivity contribution is 6.31. The first-order valence-electron chi connectivity index (χ1n) is 7.60. The molecule has 1 N–H and O–H groups in total. The number of ether oxygens (including phenoxy) is 1. The number of nitrogens with zero attached hydrogens (tertiary/aromatic N) is 5.